The molecule has 0 aliphatic heterocycles. The van der Waals surface area contributed by atoms with Gasteiger partial charge in [-0.15, -0.1) is 0 Å². The number of rotatable bonds is 6. The van der Waals surface area contributed by atoms with Crippen molar-refractivity contribution in [3.05, 3.63) is 0 Å². The Kier molecular flexibility index (Phi) is 4.55. The molecule has 0 spiro atoms. The molecule has 0 aromatic rings. The molecule has 0 heterocycles. The zero-order valence-corrected chi connectivity index (χ0v) is 10.3. The van der Waals surface area contributed by atoms with E-state index in [9.17, 15) is 8.42 Å². The third-order valence-corrected chi connectivity index (χ3v) is 3.87. The van der Waals surface area contributed by atoms with E-state index in [0.717, 1.165) is 25.9 Å². The zero-order chi connectivity index (χ0) is 11.5. The molecule has 0 aromatic carbocycles. The number of hydrogen-bond donors (Lipinski definition) is 1. The van der Waals surface area contributed by atoms with Gasteiger partial charge in [-0.3, -0.25) is 0 Å². The van der Waals surface area contributed by atoms with Gasteiger partial charge in [-0.2, -0.15) is 0 Å². The highest BCUT2D eigenvalue weighted by Crippen LogP contribution is 2.27. The second-order valence-electron chi connectivity index (χ2n) is 4.74. The molecule has 1 fully saturated rings. The van der Waals surface area contributed by atoms with E-state index in [1.54, 1.807) is 0 Å². The standard InChI is InChI=1S/C10H21NO3S/c1-11(4-3-5-15(2,13)14)8-9-6-10(12)7-9/h9-10,12H,3-8H2,1-2H3. The smallest absolute Gasteiger partial charge is 0.147 e. The van der Waals surface area contributed by atoms with Gasteiger partial charge in [-0.25, -0.2) is 8.42 Å². The van der Waals surface area contributed by atoms with E-state index < -0.39 is 9.84 Å². The summed E-state index contributed by atoms with van der Waals surface area (Å²) in [4.78, 5) is 2.15. The van der Waals surface area contributed by atoms with Crippen LogP contribution in [0.2, 0.25) is 0 Å². The molecule has 0 amide bonds. The summed E-state index contributed by atoms with van der Waals surface area (Å²) < 4.78 is 21.8. The second kappa shape index (κ2) is 5.27. The Hall–Kier alpha value is -0.130. The molecule has 0 radical (unpaired) electrons. The van der Waals surface area contributed by atoms with Gasteiger partial charge in [0.05, 0.1) is 11.9 Å². The zero-order valence-electron chi connectivity index (χ0n) is 9.52. The van der Waals surface area contributed by atoms with E-state index in [1.165, 1.54) is 6.26 Å². The molecule has 90 valence electrons. The van der Waals surface area contributed by atoms with Gasteiger partial charge in [0, 0.05) is 12.8 Å². The van der Waals surface area contributed by atoms with Gasteiger partial charge in [0.2, 0.25) is 0 Å². The average Bonchev–Trinajstić information content (AvgIpc) is 1.98. The Morgan fingerprint density at radius 1 is 1.40 bits per heavy atom. The van der Waals surface area contributed by atoms with Crippen molar-refractivity contribution in [1.29, 1.82) is 0 Å². The van der Waals surface area contributed by atoms with Gasteiger partial charge in [0.15, 0.2) is 0 Å². The number of aliphatic hydroxyl groups is 1. The molecule has 1 N–H and O–H groups in total. The number of aliphatic hydroxyl groups excluding tert-OH is 1. The maximum absolute atomic E-state index is 10.9. The summed E-state index contributed by atoms with van der Waals surface area (Å²) in [5, 5.41) is 9.12. The van der Waals surface area contributed by atoms with Crippen molar-refractivity contribution < 1.29 is 13.5 Å². The van der Waals surface area contributed by atoms with Gasteiger partial charge >= 0.3 is 0 Å². The van der Waals surface area contributed by atoms with E-state index >= 15 is 0 Å². The molecule has 4 nitrogen and oxygen atoms in total. The van der Waals surface area contributed by atoms with Crippen LogP contribution in [0.3, 0.4) is 0 Å². The van der Waals surface area contributed by atoms with E-state index in [-0.39, 0.29) is 11.9 Å². The lowest BCUT2D eigenvalue weighted by Gasteiger charge is -2.34. The van der Waals surface area contributed by atoms with Crippen molar-refractivity contribution in [2.75, 3.05) is 32.1 Å². The maximum atomic E-state index is 10.9. The molecule has 1 saturated carbocycles. The minimum atomic E-state index is -2.82. The predicted molar refractivity (Wildman–Crippen MR) is 60.6 cm³/mol. The van der Waals surface area contributed by atoms with Crippen LogP contribution in [-0.4, -0.2) is 56.7 Å². The van der Waals surface area contributed by atoms with E-state index in [0.29, 0.717) is 12.3 Å². The van der Waals surface area contributed by atoms with Crippen LogP contribution in [0.4, 0.5) is 0 Å². The van der Waals surface area contributed by atoms with Crippen LogP contribution >= 0.6 is 0 Å². The van der Waals surface area contributed by atoms with Crippen molar-refractivity contribution >= 4 is 9.84 Å². The lowest BCUT2D eigenvalue weighted by molar-refractivity contribution is 0.0284. The average molecular weight is 235 g/mol. The molecule has 1 aliphatic rings. The highest BCUT2D eigenvalue weighted by Gasteiger charge is 2.27. The third kappa shape index (κ3) is 5.49. The highest BCUT2D eigenvalue weighted by molar-refractivity contribution is 7.90. The summed E-state index contributed by atoms with van der Waals surface area (Å²) in [6.45, 7) is 1.79. The molecule has 1 rings (SSSR count). The molecule has 15 heavy (non-hydrogen) atoms. The highest BCUT2D eigenvalue weighted by atomic mass is 32.2. The first-order valence-corrected chi connectivity index (χ1v) is 7.47. The third-order valence-electron chi connectivity index (χ3n) is 2.84. The van der Waals surface area contributed by atoms with Crippen molar-refractivity contribution in [1.82, 2.24) is 4.90 Å². The first kappa shape index (κ1) is 12.9. The van der Waals surface area contributed by atoms with Crippen molar-refractivity contribution in [2.45, 2.75) is 25.4 Å². The van der Waals surface area contributed by atoms with Crippen LogP contribution in [0, 0.1) is 5.92 Å². The van der Waals surface area contributed by atoms with Gasteiger partial charge in [-0.1, -0.05) is 0 Å². The van der Waals surface area contributed by atoms with Crippen molar-refractivity contribution in [3.8, 4) is 0 Å². The minimum Gasteiger partial charge on any atom is -0.393 e. The maximum Gasteiger partial charge on any atom is 0.147 e. The molecule has 5 heteroatoms. The number of sulfone groups is 1. The van der Waals surface area contributed by atoms with Crippen LogP contribution in [-0.2, 0) is 9.84 Å². The summed E-state index contributed by atoms with van der Waals surface area (Å²) in [7, 11) is -0.808. The first-order chi connectivity index (χ1) is 6.87. The largest absolute Gasteiger partial charge is 0.393 e. The Bertz CT molecular complexity index is 283. The number of nitrogens with zero attached hydrogens (tertiary/aromatic N) is 1. The lowest BCUT2D eigenvalue weighted by atomic mass is 9.82. The molecular formula is C10H21NO3S. The summed E-state index contributed by atoms with van der Waals surface area (Å²) in [6.07, 6.45) is 3.67. The summed E-state index contributed by atoms with van der Waals surface area (Å²) in [6, 6.07) is 0. The topological polar surface area (TPSA) is 57.6 Å². The second-order valence-corrected chi connectivity index (χ2v) is 7.00. The molecule has 0 atom stereocenters. The Morgan fingerprint density at radius 3 is 2.47 bits per heavy atom. The van der Waals surface area contributed by atoms with E-state index in [2.05, 4.69) is 4.90 Å². The van der Waals surface area contributed by atoms with Crippen LogP contribution in [0.25, 0.3) is 0 Å². The van der Waals surface area contributed by atoms with Crippen molar-refractivity contribution in [3.63, 3.8) is 0 Å². The SMILES string of the molecule is CN(CCCS(C)(=O)=O)CC1CC(O)C1. The number of hydrogen-bond acceptors (Lipinski definition) is 4. The predicted octanol–water partition coefficient (Wildman–Crippen LogP) is 0.124. The fourth-order valence-electron chi connectivity index (χ4n) is 1.98. The van der Waals surface area contributed by atoms with Gasteiger partial charge in [0.1, 0.15) is 9.84 Å². The van der Waals surface area contributed by atoms with Gasteiger partial charge in [0.25, 0.3) is 0 Å². The summed E-state index contributed by atoms with van der Waals surface area (Å²) in [5.41, 5.74) is 0. The quantitative estimate of drug-likeness (QED) is 0.710. The van der Waals surface area contributed by atoms with Gasteiger partial charge in [-0.05, 0) is 38.8 Å². The first-order valence-electron chi connectivity index (χ1n) is 5.41. The lowest BCUT2D eigenvalue weighted by Crippen LogP contribution is -2.37. The molecule has 0 bridgehead atoms. The van der Waals surface area contributed by atoms with E-state index in [4.69, 9.17) is 5.11 Å². The molecule has 1 aliphatic carbocycles. The normalized spacial score (nSPS) is 26.7. The molecule has 0 saturated heterocycles. The summed E-state index contributed by atoms with van der Waals surface area (Å²) in [5.74, 6) is 0.869. The fourth-order valence-corrected chi connectivity index (χ4v) is 2.63. The van der Waals surface area contributed by atoms with Crippen LogP contribution in [0.1, 0.15) is 19.3 Å². The molecular weight excluding hydrogens is 214 g/mol. The minimum absolute atomic E-state index is 0.0978. The summed E-state index contributed by atoms with van der Waals surface area (Å²) >= 11 is 0. The van der Waals surface area contributed by atoms with Crippen LogP contribution < -0.4 is 0 Å². The van der Waals surface area contributed by atoms with Crippen LogP contribution in [0.5, 0.6) is 0 Å². The van der Waals surface area contributed by atoms with E-state index in [1.807, 2.05) is 7.05 Å². The molecule has 0 unspecified atom stereocenters. The Balaban J connectivity index is 2.06. The Labute approximate surface area is 92.2 Å². The van der Waals surface area contributed by atoms with Crippen molar-refractivity contribution in [2.24, 2.45) is 5.92 Å². The Morgan fingerprint density at radius 2 is 2.00 bits per heavy atom. The van der Waals surface area contributed by atoms with Gasteiger partial charge < -0.3 is 10.0 Å². The molecule has 0 aromatic heterocycles. The monoisotopic (exact) mass is 235 g/mol. The van der Waals surface area contributed by atoms with Crippen LogP contribution in [0.15, 0.2) is 0 Å². The fraction of sp³-hybridized carbons (Fsp3) is 1.00.